The fraction of sp³-hybridized carbons (Fsp3) is 0.769. The topological polar surface area (TPSA) is 45.1 Å². The normalized spacial score (nSPS) is 12.1. The summed E-state index contributed by atoms with van der Waals surface area (Å²) in [6.45, 7) is 10.4. The maximum absolute atomic E-state index is 9.48. The minimum absolute atomic E-state index is 0.0354. The average molecular weight is 256 g/mol. The van der Waals surface area contributed by atoms with Crippen LogP contribution in [0.3, 0.4) is 0 Å². The lowest BCUT2D eigenvalue weighted by molar-refractivity contribution is 0.113. The van der Waals surface area contributed by atoms with E-state index < -0.39 is 0 Å². The van der Waals surface area contributed by atoms with Gasteiger partial charge in [0, 0.05) is 30.0 Å². The van der Waals surface area contributed by atoms with Crippen molar-refractivity contribution in [1.29, 1.82) is 0 Å². The largest absolute Gasteiger partial charge is 0.396 e. The summed E-state index contributed by atoms with van der Waals surface area (Å²) in [5.74, 6) is 0. The SMILES string of the molecule is CCC(CC)(CO)CNCc1sc(C)nc1C. The first-order valence-electron chi connectivity index (χ1n) is 6.31. The Morgan fingerprint density at radius 3 is 2.35 bits per heavy atom. The van der Waals surface area contributed by atoms with Gasteiger partial charge in [-0.15, -0.1) is 11.3 Å². The molecule has 0 aliphatic heterocycles. The molecule has 1 rings (SSSR count). The number of hydrogen-bond acceptors (Lipinski definition) is 4. The molecule has 2 N–H and O–H groups in total. The Bertz CT molecular complexity index is 337. The third kappa shape index (κ3) is 3.76. The second-order valence-corrected chi connectivity index (χ2v) is 6.00. The Morgan fingerprint density at radius 1 is 1.29 bits per heavy atom. The zero-order valence-corrected chi connectivity index (χ0v) is 12.2. The van der Waals surface area contributed by atoms with E-state index in [-0.39, 0.29) is 12.0 Å². The molecule has 0 aliphatic rings. The van der Waals surface area contributed by atoms with Crippen LogP contribution in [0.15, 0.2) is 0 Å². The standard InChI is InChI=1S/C13H24N2OS/c1-5-13(6-2,9-16)8-14-7-12-10(3)15-11(4)17-12/h14,16H,5-9H2,1-4H3. The van der Waals surface area contributed by atoms with Gasteiger partial charge in [-0.1, -0.05) is 13.8 Å². The van der Waals surface area contributed by atoms with Crippen molar-refractivity contribution in [2.45, 2.75) is 47.1 Å². The molecule has 0 radical (unpaired) electrons. The number of rotatable bonds is 7. The van der Waals surface area contributed by atoms with Gasteiger partial charge >= 0.3 is 0 Å². The predicted molar refractivity (Wildman–Crippen MR) is 73.4 cm³/mol. The van der Waals surface area contributed by atoms with E-state index in [1.165, 1.54) is 4.88 Å². The summed E-state index contributed by atoms with van der Waals surface area (Å²) in [5.41, 5.74) is 1.16. The Labute approximate surface area is 108 Å². The van der Waals surface area contributed by atoms with Crippen molar-refractivity contribution in [3.63, 3.8) is 0 Å². The minimum Gasteiger partial charge on any atom is -0.396 e. The van der Waals surface area contributed by atoms with Crippen LogP contribution in [0, 0.1) is 19.3 Å². The third-order valence-corrected chi connectivity index (χ3v) is 4.69. The second-order valence-electron chi connectivity index (χ2n) is 4.71. The maximum atomic E-state index is 9.48. The van der Waals surface area contributed by atoms with E-state index >= 15 is 0 Å². The molecular formula is C13H24N2OS. The first kappa shape index (κ1) is 14.6. The Kier molecular flexibility index (Phi) is 5.56. The Morgan fingerprint density at radius 2 is 1.94 bits per heavy atom. The predicted octanol–water partition coefficient (Wildman–Crippen LogP) is 2.65. The molecule has 17 heavy (non-hydrogen) atoms. The van der Waals surface area contributed by atoms with E-state index in [1.807, 2.05) is 6.92 Å². The molecule has 0 saturated heterocycles. The molecule has 4 heteroatoms. The van der Waals surface area contributed by atoms with Gasteiger partial charge in [-0.25, -0.2) is 4.98 Å². The van der Waals surface area contributed by atoms with Crippen LogP contribution in [0.2, 0.25) is 0 Å². The quantitative estimate of drug-likeness (QED) is 0.788. The lowest BCUT2D eigenvalue weighted by Crippen LogP contribution is -2.36. The summed E-state index contributed by atoms with van der Waals surface area (Å²) in [5, 5.41) is 14.1. The molecule has 98 valence electrons. The summed E-state index contributed by atoms with van der Waals surface area (Å²) < 4.78 is 0. The van der Waals surface area contributed by atoms with Gasteiger partial charge in [-0.05, 0) is 26.7 Å². The summed E-state index contributed by atoms with van der Waals surface area (Å²) >= 11 is 1.75. The number of aliphatic hydroxyl groups excluding tert-OH is 1. The molecule has 3 nitrogen and oxygen atoms in total. The van der Waals surface area contributed by atoms with Crippen LogP contribution in [0.5, 0.6) is 0 Å². The van der Waals surface area contributed by atoms with Crippen molar-refractivity contribution in [1.82, 2.24) is 10.3 Å². The first-order valence-corrected chi connectivity index (χ1v) is 7.13. The van der Waals surface area contributed by atoms with Crippen LogP contribution in [0.4, 0.5) is 0 Å². The number of aromatic nitrogens is 1. The molecule has 0 saturated carbocycles. The summed E-state index contributed by atoms with van der Waals surface area (Å²) in [7, 11) is 0. The van der Waals surface area contributed by atoms with Crippen molar-refractivity contribution in [3.8, 4) is 0 Å². The Hall–Kier alpha value is -0.450. The van der Waals surface area contributed by atoms with Crippen LogP contribution in [0.25, 0.3) is 0 Å². The van der Waals surface area contributed by atoms with Crippen LogP contribution in [0.1, 0.15) is 42.3 Å². The van der Waals surface area contributed by atoms with Gasteiger partial charge in [0.1, 0.15) is 0 Å². The highest BCUT2D eigenvalue weighted by molar-refractivity contribution is 7.11. The zero-order valence-electron chi connectivity index (χ0n) is 11.3. The average Bonchev–Trinajstić information content (AvgIpc) is 2.64. The van der Waals surface area contributed by atoms with E-state index in [9.17, 15) is 5.11 Å². The highest BCUT2D eigenvalue weighted by Gasteiger charge is 2.24. The molecule has 1 aromatic heterocycles. The van der Waals surface area contributed by atoms with Crippen LogP contribution >= 0.6 is 11.3 Å². The van der Waals surface area contributed by atoms with Gasteiger partial charge in [0.15, 0.2) is 0 Å². The van der Waals surface area contributed by atoms with E-state index in [2.05, 4.69) is 31.1 Å². The maximum Gasteiger partial charge on any atom is 0.0900 e. The van der Waals surface area contributed by atoms with Gasteiger partial charge in [-0.3, -0.25) is 0 Å². The van der Waals surface area contributed by atoms with Gasteiger partial charge in [-0.2, -0.15) is 0 Å². The third-order valence-electron chi connectivity index (χ3n) is 3.62. The van der Waals surface area contributed by atoms with E-state index in [0.717, 1.165) is 36.6 Å². The molecule has 0 atom stereocenters. The molecule has 0 amide bonds. The van der Waals surface area contributed by atoms with Crippen molar-refractivity contribution in [3.05, 3.63) is 15.6 Å². The monoisotopic (exact) mass is 256 g/mol. The van der Waals surface area contributed by atoms with E-state index in [4.69, 9.17) is 0 Å². The Balaban J connectivity index is 2.49. The molecule has 0 bridgehead atoms. The molecule has 1 heterocycles. The number of aliphatic hydroxyl groups is 1. The number of thiazole rings is 1. The number of hydrogen-bond donors (Lipinski definition) is 2. The molecule has 0 unspecified atom stereocenters. The summed E-state index contributed by atoms with van der Waals surface area (Å²) in [4.78, 5) is 5.72. The zero-order chi connectivity index (χ0) is 12.9. The van der Waals surface area contributed by atoms with Crippen molar-refractivity contribution < 1.29 is 5.11 Å². The molecule has 0 fully saturated rings. The molecule has 0 spiro atoms. The molecule has 0 aromatic carbocycles. The van der Waals surface area contributed by atoms with Gasteiger partial charge in [0.25, 0.3) is 0 Å². The van der Waals surface area contributed by atoms with E-state index in [0.29, 0.717) is 0 Å². The molecule has 0 aliphatic carbocycles. The van der Waals surface area contributed by atoms with Crippen molar-refractivity contribution in [2.24, 2.45) is 5.41 Å². The molecule has 1 aromatic rings. The van der Waals surface area contributed by atoms with Crippen LogP contribution in [-0.2, 0) is 6.54 Å². The van der Waals surface area contributed by atoms with Crippen LogP contribution < -0.4 is 5.32 Å². The van der Waals surface area contributed by atoms with E-state index in [1.54, 1.807) is 11.3 Å². The highest BCUT2D eigenvalue weighted by atomic mass is 32.1. The fourth-order valence-electron chi connectivity index (χ4n) is 1.96. The lowest BCUT2D eigenvalue weighted by atomic mass is 9.83. The van der Waals surface area contributed by atoms with Gasteiger partial charge in [0.05, 0.1) is 10.7 Å². The first-order chi connectivity index (χ1) is 8.06. The second kappa shape index (κ2) is 6.47. The highest BCUT2D eigenvalue weighted by Crippen LogP contribution is 2.25. The molecular weight excluding hydrogens is 232 g/mol. The fourth-order valence-corrected chi connectivity index (χ4v) is 2.86. The van der Waals surface area contributed by atoms with Crippen LogP contribution in [-0.4, -0.2) is 23.2 Å². The summed E-state index contributed by atoms with van der Waals surface area (Å²) in [6.07, 6.45) is 2.02. The van der Waals surface area contributed by atoms with Crippen molar-refractivity contribution in [2.75, 3.05) is 13.2 Å². The smallest absolute Gasteiger partial charge is 0.0900 e. The van der Waals surface area contributed by atoms with Gasteiger partial charge < -0.3 is 10.4 Å². The number of aryl methyl sites for hydroxylation is 2. The minimum atomic E-state index is 0.0354. The number of nitrogens with one attached hydrogen (secondary N) is 1. The van der Waals surface area contributed by atoms with Crippen molar-refractivity contribution >= 4 is 11.3 Å². The lowest BCUT2D eigenvalue weighted by Gasteiger charge is -2.29. The number of nitrogens with zero attached hydrogens (tertiary/aromatic N) is 1. The van der Waals surface area contributed by atoms with Gasteiger partial charge in [0.2, 0.25) is 0 Å². The summed E-state index contributed by atoms with van der Waals surface area (Å²) in [6, 6.07) is 0.